The van der Waals surface area contributed by atoms with Crippen LogP contribution in [0.1, 0.15) is 38.5 Å². The number of nitrogens with one attached hydrogen (secondary N) is 1. The summed E-state index contributed by atoms with van der Waals surface area (Å²) in [7, 11) is 0. The number of ether oxygens (including phenoxy) is 2. The summed E-state index contributed by atoms with van der Waals surface area (Å²) < 4.78 is 10.8. The van der Waals surface area contributed by atoms with Gasteiger partial charge in [-0.2, -0.15) is 0 Å². The van der Waals surface area contributed by atoms with Crippen LogP contribution in [0.4, 0.5) is 5.69 Å². The van der Waals surface area contributed by atoms with Crippen LogP contribution in [0.25, 0.3) is 0 Å². The number of unbranched alkanes of at least 4 members (excludes halogenated alkanes) is 2. The van der Waals surface area contributed by atoms with Crippen LogP contribution < -0.4 is 20.5 Å². The summed E-state index contributed by atoms with van der Waals surface area (Å²) >= 11 is 0. The molecule has 1 saturated heterocycles. The number of amides is 1. The van der Waals surface area contributed by atoms with Gasteiger partial charge in [-0.15, -0.1) is 0 Å². The van der Waals surface area contributed by atoms with Gasteiger partial charge in [-0.05, 0) is 44.4 Å². The van der Waals surface area contributed by atoms with Crippen molar-refractivity contribution >= 4 is 11.6 Å². The Kier molecular flexibility index (Phi) is 5.80. The molecule has 1 atom stereocenters. The molecule has 3 N–H and O–H groups in total. The van der Waals surface area contributed by atoms with Crippen LogP contribution in [0.3, 0.4) is 0 Å². The Morgan fingerprint density at radius 1 is 1.25 bits per heavy atom. The summed E-state index contributed by atoms with van der Waals surface area (Å²) in [4.78, 5) is 14.3. The fraction of sp³-hybridized carbons (Fsp3) is 0.611. The van der Waals surface area contributed by atoms with Gasteiger partial charge in [0, 0.05) is 37.3 Å². The molecule has 0 aliphatic carbocycles. The molecule has 2 heterocycles. The number of anilines is 1. The third-order valence-corrected chi connectivity index (χ3v) is 4.61. The first-order valence-electron chi connectivity index (χ1n) is 8.90. The highest BCUT2D eigenvalue weighted by Crippen LogP contribution is 2.34. The topological polar surface area (TPSA) is 76.8 Å². The third-order valence-electron chi connectivity index (χ3n) is 4.61. The number of hydrogen-bond acceptors (Lipinski definition) is 5. The van der Waals surface area contributed by atoms with Gasteiger partial charge in [-0.1, -0.05) is 6.42 Å². The Morgan fingerprint density at radius 3 is 3.00 bits per heavy atom. The first-order chi connectivity index (χ1) is 11.8. The lowest BCUT2D eigenvalue weighted by Gasteiger charge is -2.34. The van der Waals surface area contributed by atoms with Crippen LogP contribution in [0, 0.1) is 0 Å². The van der Waals surface area contributed by atoms with E-state index in [9.17, 15) is 4.79 Å². The first-order valence-corrected chi connectivity index (χ1v) is 8.90. The number of likely N-dealkylation sites (tertiary alicyclic amines) is 1. The second-order valence-corrected chi connectivity index (χ2v) is 6.49. The SMILES string of the molecule is NCCCCCC(=O)N1CCC[C@@H](Nc2ccc3c(c2)OCO3)C1. The number of piperidine rings is 1. The van der Waals surface area contributed by atoms with E-state index in [-0.39, 0.29) is 18.7 Å². The third kappa shape index (κ3) is 4.32. The number of nitrogens with two attached hydrogens (primary N) is 1. The van der Waals surface area contributed by atoms with Gasteiger partial charge >= 0.3 is 0 Å². The monoisotopic (exact) mass is 333 g/mol. The molecule has 1 amide bonds. The summed E-state index contributed by atoms with van der Waals surface area (Å²) in [5.41, 5.74) is 6.51. The average Bonchev–Trinajstić information content (AvgIpc) is 3.06. The highest BCUT2D eigenvalue weighted by molar-refractivity contribution is 5.76. The van der Waals surface area contributed by atoms with E-state index in [4.69, 9.17) is 15.2 Å². The van der Waals surface area contributed by atoms with E-state index in [0.717, 1.165) is 62.4 Å². The summed E-state index contributed by atoms with van der Waals surface area (Å²) in [6, 6.07) is 6.18. The minimum Gasteiger partial charge on any atom is -0.454 e. The average molecular weight is 333 g/mol. The van der Waals surface area contributed by atoms with Gasteiger partial charge in [-0.3, -0.25) is 4.79 Å². The van der Waals surface area contributed by atoms with Gasteiger partial charge < -0.3 is 25.4 Å². The lowest BCUT2D eigenvalue weighted by atomic mass is 10.0. The predicted octanol–water partition coefficient (Wildman–Crippen LogP) is 2.34. The van der Waals surface area contributed by atoms with Crippen molar-refractivity contribution in [2.45, 2.75) is 44.6 Å². The number of carbonyl (C=O) groups is 1. The predicted molar refractivity (Wildman–Crippen MR) is 93.3 cm³/mol. The van der Waals surface area contributed by atoms with Crippen molar-refractivity contribution in [1.82, 2.24) is 4.90 Å². The zero-order valence-corrected chi connectivity index (χ0v) is 14.1. The van der Waals surface area contributed by atoms with Crippen molar-refractivity contribution in [2.24, 2.45) is 5.73 Å². The number of rotatable bonds is 7. The number of nitrogens with zero attached hydrogens (tertiary/aromatic N) is 1. The molecule has 2 aliphatic rings. The Hall–Kier alpha value is -1.95. The molecule has 1 fully saturated rings. The zero-order valence-electron chi connectivity index (χ0n) is 14.1. The molecule has 6 nitrogen and oxygen atoms in total. The van der Waals surface area contributed by atoms with E-state index in [2.05, 4.69) is 5.32 Å². The minimum atomic E-state index is 0.268. The van der Waals surface area contributed by atoms with Gasteiger partial charge in [0.15, 0.2) is 11.5 Å². The molecule has 0 spiro atoms. The van der Waals surface area contributed by atoms with E-state index in [1.54, 1.807) is 0 Å². The molecule has 1 aromatic carbocycles. The van der Waals surface area contributed by atoms with Crippen LogP contribution in [0.15, 0.2) is 18.2 Å². The van der Waals surface area contributed by atoms with Gasteiger partial charge in [0.05, 0.1) is 0 Å². The first kappa shape index (κ1) is 16.9. The fourth-order valence-electron chi connectivity index (χ4n) is 3.30. The summed E-state index contributed by atoms with van der Waals surface area (Å²) in [5.74, 6) is 1.84. The molecule has 3 rings (SSSR count). The molecule has 0 aromatic heterocycles. The maximum atomic E-state index is 12.3. The van der Waals surface area contributed by atoms with Crippen molar-refractivity contribution in [2.75, 3.05) is 31.7 Å². The quantitative estimate of drug-likeness (QED) is 0.749. The highest BCUT2D eigenvalue weighted by Gasteiger charge is 2.23. The molecule has 6 heteroatoms. The fourth-order valence-corrected chi connectivity index (χ4v) is 3.30. The van der Waals surface area contributed by atoms with Crippen LogP contribution >= 0.6 is 0 Å². The summed E-state index contributed by atoms with van der Waals surface area (Å²) in [5, 5.41) is 3.53. The van der Waals surface area contributed by atoms with E-state index in [1.165, 1.54) is 0 Å². The van der Waals surface area contributed by atoms with Crippen LogP contribution in [-0.2, 0) is 4.79 Å². The van der Waals surface area contributed by atoms with E-state index in [1.807, 2.05) is 23.1 Å². The van der Waals surface area contributed by atoms with E-state index >= 15 is 0 Å². The standard InChI is InChI=1S/C18H27N3O3/c19-9-3-1-2-6-18(22)21-10-4-5-15(12-21)20-14-7-8-16-17(11-14)24-13-23-16/h7-8,11,15,20H,1-6,9-10,12-13,19H2/t15-/m1/s1. The molecule has 2 aliphatic heterocycles. The normalized spacial score (nSPS) is 19.4. The Bertz CT molecular complexity index is 564. The van der Waals surface area contributed by atoms with Gasteiger partial charge in [0.1, 0.15) is 0 Å². The van der Waals surface area contributed by atoms with Crippen LogP contribution in [0.5, 0.6) is 11.5 Å². The Balaban J connectivity index is 1.49. The Morgan fingerprint density at radius 2 is 2.12 bits per heavy atom. The van der Waals surface area contributed by atoms with Crippen molar-refractivity contribution in [3.8, 4) is 11.5 Å². The van der Waals surface area contributed by atoms with Crippen LogP contribution in [0.2, 0.25) is 0 Å². The van der Waals surface area contributed by atoms with Gasteiger partial charge in [0.2, 0.25) is 12.7 Å². The Labute approximate surface area is 143 Å². The number of hydrogen-bond donors (Lipinski definition) is 2. The minimum absolute atomic E-state index is 0.268. The molecule has 24 heavy (non-hydrogen) atoms. The number of carbonyl (C=O) groups excluding carboxylic acids is 1. The molecule has 0 unspecified atom stereocenters. The molecule has 0 saturated carbocycles. The molecular weight excluding hydrogens is 306 g/mol. The van der Waals surface area contributed by atoms with E-state index in [0.29, 0.717) is 13.0 Å². The molecule has 1 aromatic rings. The summed E-state index contributed by atoms with van der Waals surface area (Å²) in [6.07, 6.45) is 5.72. The van der Waals surface area contributed by atoms with Crippen molar-refractivity contribution < 1.29 is 14.3 Å². The van der Waals surface area contributed by atoms with Crippen molar-refractivity contribution in [1.29, 1.82) is 0 Å². The van der Waals surface area contributed by atoms with Crippen LogP contribution in [-0.4, -0.2) is 43.3 Å². The maximum absolute atomic E-state index is 12.3. The lowest BCUT2D eigenvalue weighted by molar-refractivity contribution is -0.132. The van der Waals surface area contributed by atoms with Gasteiger partial charge in [0.25, 0.3) is 0 Å². The van der Waals surface area contributed by atoms with Crippen molar-refractivity contribution in [3.05, 3.63) is 18.2 Å². The molecule has 0 radical (unpaired) electrons. The molecular formula is C18H27N3O3. The zero-order chi connectivity index (χ0) is 16.8. The largest absolute Gasteiger partial charge is 0.454 e. The number of fused-ring (bicyclic) bond motifs is 1. The molecule has 132 valence electrons. The van der Waals surface area contributed by atoms with Gasteiger partial charge in [-0.25, -0.2) is 0 Å². The second-order valence-electron chi connectivity index (χ2n) is 6.49. The second kappa shape index (κ2) is 8.24. The van der Waals surface area contributed by atoms with Crippen molar-refractivity contribution in [3.63, 3.8) is 0 Å². The highest BCUT2D eigenvalue weighted by atomic mass is 16.7. The van der Waals surface area contributed by atoms with E-state index < -0.39 is 0 Å². The molecule has 0 bridgehead atoms. The summed E-state index contributed by atoms with van der Waals surface area (Å²) in [6.45, 7) is 2.63. The maximum Gasteiger partial charge on any atom is 0.231 e. The lowest BCUT2D eigenvalue weighted by Crippen LogP contribution is -2.45. The number of benzene rings is 1. The smallest absolute Gasteiger partial charge is 0.231 e.